The SMILES string of the molecule is Cc1ccc2c(COC(=O)CCN3CCSC3=O)cc(=O)oc2c1C. The van der Waals surface area contributed by atoms with Crippen LogP contribution in [-0.4, -0.2) is 35.0 Å². The second-order valence-corrected chi connectivity index (χ2v) is 7.03. The summed E-state index contributed by atoms with van der Waals surface area (Å²) in [6.07, 6.45) is 0.143. The van der Waals surface area contributed by atoms with E-state index in [1.165, 1.54) is 17.8 Å². The highest BCUT2D eigenvalue weighted by molar-refractivity contribution is 8.13. The molecule has 0 bridgehead atoms. The molecule has 2 aromatic rings. The lowest BCUT2D eigenvalue weighted by atomic mass is 10.0. The van der Waals surface area contributed by atoms with Gasteiger partial charge < -0.3 is 14.1 Å². The summed E-state index contributed by atoms with van der Waals surface area (Å²) in [5.41, 5.74) is 2.60. The van der Waals surface area contributed by atoms with Crippen molar-refractivity contribution in [3.8, 4) is 0 Å². The maximum atomic E-state index is 12.0. The fraction of sp³-hybridized carbons (Fsp3) is 0.389. The van der Waals surface area contributed by atoms with Crippen LogP contribution in [0.1, 0.15) is 23.1 Å². The van der Waals surface area contributed by atoms with E-state index in [1.807, 2.05) is 26.0 Å². The molecule has 2 heterocycles. The predicted octanol–water partition coefficient (Wildman–Crippen LogP) is 3.01. The molecular formula is C18H19NO5S. The van der Waals surface area contributed by atoms with Gasteiger partial charge in [-0.25, -0.2) is 4.79 Å². The molecule has 1 aliphatic heterocycles. The standard InChI is InChI=1S/C18H19NO5S/c1-11-3-4-14-13(9-16(21)24-17(14)12(11)2)10-23-15(20)5-6-19-7-8-25-18(19)22/h3-4,9H,5-8,10H2,1-2H3. The van der Waals surface area contributed by atoms with Crippen LogP contribution < -0.4 is 5.63 Å². The van der Waals surface area contributed by atoms with Crippen LogP contribution in [0.5, 0.6) is 0 Å². The molecule has 1 fully saturated rings. The highest BCUT2D eigenvalue weighted by atomic mass is 32.2. The summed E-state index contributed by atoms with van der Waals surface area (Å²) in [6.45, 7) is 4.87. The van der Waals surface area contributed by atoms with Crippen LogP contribution in [0, 0.1) is 13.8 Å². The van der Waals surface area contributed by atoms with Crippen LogP contribution in [0.25, 0.3) is 11.0 Å². The molecule has 6 nitrogen and oxygen atoms in total. The van der Waals surface area contributed by atoms with Gasteiger partial charge >= 0.3 is 11.6 Å². The summed E-state index contributed by atoms with van der Waals surface area (Å²) in [7, 11) is 0. The Labute approximate surface area is 149 Å². The van der Waals surface area contributed by atoms with Crippen molar-refractivity contribution in [3.63, 3.8) is 0 Å². The molecule has 132 valence electrons. The van der Waals surface area contributed by atoms with Gasteiger partial charge in [-0.3, -0.25) is 9.59 Å². The van der Waals surface area contributed by atoms with Crippen molar-refractivity contribution in [2.45, 2.75) is 26.9 Å². The van der Waals surface area contributed by atoms with E-state index < -0.39 is 11.6 Å². The Balaban J connectivity index is 1.68. The third-order valence-corrected chi connectivity index (χ3v) is 5.23. The lowest BCUT2D eigenvalue weighted by Gasteiger charge is -2.14. The predicted molar refractivity (Wildman–Crippen MR) is 95.8 cm³/mol. The number of aryl methyl sites for hydroxylation is 2. The van der Waals surface area contributed by atoms with Crippen molar-refractivity contribution in [2.75, 3.05) is 18.8 Å². The van der Waals surface area contributed by atoms with Gasteiger partial charge in [-0.15, -0.1) is 0 Å². The van der Waals surface area contributed by atoms with Crippen LogP contribution >= 0.6 is 11.8 Å². The number of carbonyl (C=O) groups is 2. The summed E-state index contributed by atoms with van der Waals surface area (Å²) in [5.74, 6) is 0.369. The van der Waals surface area contributed by atoms with Crippen molar-refractivity contribution >= 4 is 33.9 Å². The molecule has 1 saturated heterocycles. The quantitative estimate of drug-likeness (QED) is 0.602. The molecule has 1 aromatic heterocycles. The summed E-state index contributed by atoms with van der Waals surface area (Å²) in [6, 6.07) is 5.16. The highest BCUT2D eigenvalue weighted by Crippen LogP contribution is 2.24. The van der Waals surface area contributed by atoms with Gasteiger partial charge in [0.15, 0.2) is 0 Å². The van der Waals surface area contributed by atoms with E-state index in [2.05, 4.69) is 0 Å². The lowest BCUT2D eigenvalue weighted by Crippen LogP contribution is -2.26. The smallest absolute Gasteiger partial charge is 0.336 e. The molecule has 0 N–H and O–H groups in total. The molecule has 0 unspecified atom stereocenters. The number of benzene rings is 1. The molecule has 25 heavy (non-hydrogen) atoms. The second kappa shape index (κ2) is 7.31. The van der Waals surface area contributed by atoms with Crippen LogP contribution in [0.15, 0.2) is 27.4 Å². The zero-order chi connectivity index (χ0) is 18.0. The zero-order valence-corrected chi connectivity index (χ0v) is 15.0. The summed E-state index contributed by atoms with van der Waals surface area (Å²) < 4.78 is 10.6. The number of rotatable bonds is 5. The number of nitrogens with zero attached hydrogens (tertiary/aromatic N) is 1. The van der Waals surface area contributed by atoms with Gasteiger partial charge in [0, 0.05) is 35.9 Å². The summed E-state index contributed by atoms with van der Waals surface area (Å²) in [5, 5.41) is 0.770. The van der Waals surface area contributed by atoms with Crippen molar-refractivity contribution < 1.29 is 18.7 Å². The van der Waals surface area contributed by atoms with Crippen molar-refractivity contribution in [2.24, 2.45) is 0 Å². The third kappa shape index (κ3) is 3.87. The van der Waals surface area contributed by atoms with E-state index in [0.29, 0.717) is 24.2 Å². The topological polar surface area (TPSA) is 76.8 Å². The maximum absolute atomic E-state index is 12.0. The first-order valence-corrected chi connectivity index (χ1v) is 9.04. The minimum absolute atomic E-state index is 0.00491. The fourth-order valence-electron chi connectivity index (χ4n) is 2.73. The van der Waals surface area contributed by atoms with Gasteiger partial charge in [-0.1, -0.05) is 23.9 Å². The molecule has 0 spiro atoms. The van der Waals surface area contributed by atoms with E-state index in [0.717, 1.165) is 22.3 Å². The summed E-state index contributed by atoms with van der Waals surface area (Å²) in [4.78, 5) is 36.9. The number of amides is 1. The largest absolute Gasteiger partial charge is 0.461 e. The Kier molecular flexibility index (Phi) is 5.13. The normalized spacial score (nSPS) is 14.3. The molecule has 7 heteroatoms. The van der Waals surface area contributed by atoms with Gasteiger partial charge in [0.2, 0.25) is 0 Å². The van der Waals surface area contributed by atoms with Crippen molar-refractivity contribution in [1.29, 1.82) is 0 Å². The van der Waals surface area contributed by atoms with Crippen LogP contribution in [0.4, 0.5) is 4.79 Å². The van der Waals surface area contributed by atoms with Crippen molar-refractivity contribution in [1.82, 2.24) is 4.90 Å². The number of hydrogen-bond acceptors (Lipinski definition) is 6. The van der Waals surface area contributed by atoms with Crippen LogP contribution in [0.3, 0.4) is 0 Å². The molecule has 0 atom stereocenters. The Morgan fingerprint density at radius 2 is 2.12 bits per heavy atom. The van der Waals surface area contributed by atoms with E-state index in [-0.39, 0.29) is 18.3 Å². The number of hydrogen-bond donors (Lipinski definition) is 0. The average molecular weight is 361 g/mol. The molecule has 1 amide bonds. The monoisotopic (exact) mass is 361 g/mol. The molecule has 1 aromatic carbocycles. The van der Waals surface area contributed by atoms with Gasteiger partial charge in [0.05, 0.1) is 6.42 Å². The number of carbonyl (C=O) groups excluding carboxylic acids is 2. The number of esters is 1. The Morgan fingerprint density at radius 3 is 2.84 bits per heavy atom. The average Bonchev–Trinajstić information content (AvgIpc) is 2.99. The van der Waals surface area contributed by atoms with Crippen LogP contribution in [0.2, 0.25) is 0 Å². The molecular weight excluding hydrogens is 342 g/mol. The Morgan fingerprint density at radius 1 is 1.32 bits per heavy atom. The molecule has 0 aliphatic carbocycles. The van der Waals surface area contributed by atoms with Gasteiger partial charge in [-0.05, 0) is 25.0 Å². The van der Waals surface area contributed by atoms with E-state index in [4.69, 9.17) is 9.15 Å². The number of fused-ring (bicyclic) bond motifs is 1. The van der Waals surface area contributed by atoms with Crippen molar-refractivity contribution in [3.05, 3.63) is 45.3 Å². The molecule has 0 radical (unpaired) electrons. The van der Waals surface area contributed by atoms with Gasteiger partial charge in [0.1, 0.15) is 12.2 Å². The Hall–Kier alpha value is -2.28. The first-order valence-electron chi connectivity index (χ1n) is 8.06. The molecule has 3 rings (SSSR count). The highest BCUT2D eigenvalue weighted by Gasteiger charge is 2.21. The minimum Gasteiger partial charge on any atom is -0.461 e. The van der Waals surface area contributed by atoms with E-state index in [9.17, 15) is 14.4 Å². The Bertz CT molecular complexity index is 889. The maximum Gasteiger partial charge on any atom is 0.336 e. The lowest BCUT2D eigenvalue weighted by molar-refractivity contribution is -0.145. The summed E-state index contributed by atoms with van der Waals surface area (Å²) >= 11 is 1.26. The first-order chi connectivity index (χ1) is 12.0. The number of ether oxygens (including phenoxy) is 1. The van der Waals surface area contributed by atoms with Gasteiger partial charge in [-0.2, -0.15) is 0 Å². The minimum atomic E-state index is -0.466. The van der Waals surface area contributed by atoms with Gasteiger partial charge in [0.25, 0.3) is 5.24 Å². The third-order valence-electron chi connectivity index (χ3n) is 4.34. The first kappa shape index (κ1) is 17.5. The second-order valence-electron chi connectivity index (χ2n) is 5.99. The van der Waals surface area contributed by atoms with E-state index >= 15 is 0 Å². The molecule has 1 aliphatic rings. The zero-order valence-electron chi connectivity index (χ0n) is 14.2. The van der Waals surface area contributed by atoms with E-state index in [1.54, 1.807) is 4.90 Å². The fourth-order valence-corrected chi connectivity index (χ4v) is 3.58. The number of thioether (sulfide) groups is 1. The molecule has 0 saturated carbocycles. The van der Waals surface area contributed by atoms with Crippen LogP contribution in [-0.2, 0) is 16.1 Å².